The lowest BCUT2D eigenvalue weighted by Crippen LogP contribution is -2.47. The predicted octanol–water partition coefficient (Wildman–Crippen LogP) is 1.32. The highest BCUT2D eigenvalue weighted by Crippen LogP contribution is 2.44. The number of benzene rings is 1. The number of ketones is 1. The molecular formula is C18H18O7. The summed E-state index contributed by atoms with van der Waals surface area (Å²) in [7, 11) is 2.27. The minimum absolute atomic E-state index is 0.0614. The van der Waals surface area contributed by atoms with Crippen LogP contribution in [-0.4, -0.2) is 44.5 Å². The molecule has 0 amide bonds. The monoisotopic (exact) mass is 346 g/mol. The highest BCUT2D eigenvalue weighted by atomic mass is 16.5. The molecule has 2 rings (SSSR count). The van der Waals surface area contributed by atoms with Crippen LogP contribution in [0.1, 0.15) is 17.3 Å². The quantitative estimate of drug-likeness (QED) is 0.435. The van der Waals surface area contributed by atoms with Crippen LogP contribution in [0.5, 0.6) is 0 Å². The van der Waals surface area contributed by atoms with Gasteiger partial charge in [0.2, 0.25) is 0 Å². The van der Waals surface area contributed by atoms with Crippen LogP contribution in [0.15, 0.2) is 41.5 Å². The first-order valence-corrected chi connectivity index (χ1v) is 7.64. The molecule has 0 unspecified atom stereocenters. The maximum Gasteiger partial charge on any atom is 0.335 e. The third-order valence-electron chi connectivity index (χ3n) is 3.94. The summed E-state index contributed by atoms with van der Waals surface area (Å²) >= 11 is 0. The fraction of sp³-hybridized carbons (Fsp3) is 0.333. The Hall–Kier alpha value is -2.96. The summed E-state index contributed by atoms with van der Waals surface area (Å²) in [6.45, 7) is 1.66. The number of hydrogen-bond acceptors (Lipinski definition) is 7. The molecule has 0 saturated heterocycles. The maximum atomic E-state index is 12.8. The SMILES string of the molecule is CCOC(=O)C1=C(C(=O)OC)[C@@H](C(=O)OC)[C@@H]1C(=O)c1ccccc1. The average molecular weight is 346 g/mol. The number of carbonyl (C=O) groups is 4. The molecule has 0 heterocycles. The Bertz CT molecular complexity index is 733. The summed E-state index contributed by atoms with van der Waals surface area (Å²) < 4.78 is 14.3. The molecular weight excluding hydrogens is 328 g/mol. The highest BCUT2D eigenvalue weighted by molar-refractivity contribution is 6.17. The van der Waals surface area contributed by atoms with Gasteiger partial charge in [-0.25, -0.2) is 9.59 Å². The molecule has 7 heteroatoms. The van der Waals surface area contributed by atoms with Gasteiger partial charge < -0.3 is 14.2 Å². The van der Waals surface area contributed by atoms with Crippen molar-refractivity contribution in [3.63, 3.8) is 0 Å². The van der Waals surface area contributed by atoms with Crippen molar-refractivity contribution >= 4 is 23.7 Å². The van der Waals surface area contributed by atoms with E-state index in [1.54, 1.807) is 37.3 Å². The molecule has 0 aliphatic heterocycles. The van der Waals surface area contributed by atoms with Crippen molar-refractivity contribution in [1.82, 2.24) is 0 Å². The van der Waals surface area contributed by atoms with Gasteiger partial charge in [-0.2, -0.15) is 0 Å². The lowest BCUT2D eigenvalue weighted by Gasteiger charge is -2.36. The Morgan fingerprint density at radius 3 is 2.00 bits per heavy atom. The van der Waals surface area contributed by atoms with E-state index in [2.05, 4.69) is 4.74 Å². The summed E-state index contributed by atoms with van der Waals surface area (Å²) in [4.78, 5) is 49.3. The zero-order chi connectivity index (χ0) is 18.6. The standard InChI is InChI=1S/C18H18O7/c1-4-25-18(22)13-11(15(19)10-8-6-5-7-9-10)12(16(20)23-2)14(13)17(21)24-3/h5-9,11-12H,4H2,1-3H3/t11-,12-/m0/s1. The molecule has 0 saturated carbocycles. The Labute approximate surface area is 144 Å². The summed E-state index contributed by atoms with van der Waals surface area (Å²) in [6, 6.07) is 8.19. The van der Waals surface area contributed by atoms with Crippen LogP contribution in [0, 0.1) is 11.8 Å². The molecule has 0 N–H and O–H groups in total. The van der Waals surface area contributed by atoms with Crippen molar-refractivity contribution in [3.8, 4) is 0 Å². The molecule has 0 aromatic heterocycles. The van der Waals surface area contributed by atoms with Crippen molar-refractivity contribution in [3.05, 3.63) is 47.0 Å². The van der Waals surface area contributed by atoms with Gasteiger partial charge in [0, 0.05) is 5.56 Å². The van der Waals surface area contributed by atoms with E-state index in [-0.39, 0.29) is 17.8 Å². The van der Waals surface area contributed by atoms with E-state index in [0.717, 1.165) is 14.2 Å². The maximum absolute atomic E-state index is 12.8. The molecule has 0 spiro atoms. The normalized spacial score (nSPS) is 18.8. The van der Waals surface area contributed by atoms with Crippen LogP contribution in [-0.2, 0) is 28.6 Å². The molecule has 25 heavy (non-hydrogen) atoms. The minimum Gasteiger partial charge on any atom is -0.469 e. The number of ether oxygens (including phenoxy) is 3. The van der Waals surface area contributed by atoms with E-state index in [0.29, 0.717) is 5.56 Å². The molecule has 2 atom stereocenters. The number of rotatable bonds is 6. The molecule has 1 aromatic carbocycles. The van der Waals surface area contributed by atoms with Gasteiger partial charge in [-0.3, -0.25) is 9.59 Å². The van der Waals surface area contributed by atoms with Gasteiger partial charge in [-0.1, -0.05) is 30.3 Å². The lowest BCUT2D eigenvalue weighted by molar-refractivity contribution is -0.151. The fourth-order valence-electron chi connectivity index (χ4n) is 2.81. The van der Waals surface area contributed by atoms with Gasteiger partial charge in [0.25, 0.3) is 0 Å². The first kappa shape index (κ1) is 18.4. The number of Topliss-reactive ketones (excluding diaryl/α,β-unsaturated/α-hetero) is 1. The second kappa shape index (κ2) is 7.74. The first-order valence-electron chi connectivity index (χ1n) is 7.64. The smallest absolute Gasteiger partial charge is 0.335 e. The van der Waals surface area contributed by atoms with Gasteiger partial charge in [0.15, 0.2) is 5.78 Å². The van der Waals surface area contributed by atoms with Crippen LogP contribution in [0.25, 0.3) is 0 Å². The van der Waals surface area contributed by atoms with Crippen LogP contribution >= 0.6 is 0 Å². The third kappa shape index (κ3) is 3.31. The van der Waals surface area contributed by atoms with Crippen LogP contribution in [0.4, 0.5) is 0 Å². The molecule has 1 aliphatic carbocycles. The average Bonchev–Trinajstić information content (AvgIpc) is 2.61. The van der Waals surface area contributed by atoms with Crippen LogP contribution in [0.3, 0.4) is 0 Å². The zero-order valence-corrected chi connectivity index (χ0v) is 14.1. The van der Waals surface area contributed by atoms with Crippen molar-refractivity contribution in [2.75, 3.05) is 20.8 Å². The third-order valence-corrected chi connectivity index (χ3v) is 3.94. The Balaban J connectivity index is 2.55. The van der Waals surface area contributed by atoms with Gasteiger partial charge in [0.1, 0.15) is 5.92 Å². The van der Waals surface area contributed by atoms with E-state index in [9.17, 15) is 19.2 Å². The fourth-order valence-corrected chi connectivity index (χ4v) is 2.81. The Kier molecular flexibility index (Phi) is 5.69. The molecule has 0 fully saturated rings. The van der Waals surface area contributed by atoms with E-state index >= 15 is 0 Å². The van der Waals surface area contributed by atoms with E-state index in [1.165, 1.54) is 0 Å². The molecule has 1 aromatic rings. The van der Waals surface area contributed by atoms with Gasteiger partial charge >= 0.3 is 17.9 Å². The van der Waals surface area contributed by atoms with Gasteiger partial charge in [-0.15, -0.1) is 0 Å². The number of esters is 3. The minimum atomic E-state index is -1.20. The van der Waals surface area contributed by atoms with Crippen molar-refractivity contribution in [2.24, 2.45) is 11.8 Å². The first-order chi connectivity index (χ1) is 12.0. The Morgan fingerprint density at radius 1 is 0.880 bits per heavy atom. The summed E-state index contributed by atoms with van der Waals surface area (Å²) in [5, 5.41) is 0. The van der Waals surface area contributed by atoms with E-state index in [1.807, 2.05) is 0 Å². The number of methoxy groups -OCH3 is 2. The van der Waals surface area contributed by atoms with Crippen molar-refractivity contribution < 1.29 is 33.4 Å². The van der Waals surface area contributed by atoms with Crippen LogP contribution in [0.2, 0.25) is 0 Å². The van der Waals surface area contributed by atoms with E-state index < -0.39 is 35.5 Å². The van der Waals surface area contributed by atoms with Crippen molar-refractivity contribution in [2.45, 2.75) is 6.92 Å². The topological polar surface area (TPSA) is 96.0 Å². The zero-order valence-electron chi connectivity index (χ0n) is 14.1. The molecule has 132 valence electrons. The van der Waals surface area contributed by atoms with Crippen LogP contribution < -0.4 is 0 Å². The molecule has 0 bridgehead atoms. The Morgan fingerprint density at radius 2 is 1.48 bits per heavy atom. The predicted molar refractivity (Wildman–Crippen MR) is 85.4 cm³/mol. The summed E-state index contributed by atoms with van der Waals surface area (Å²) in [5.41, 5.74) is -0.0350. The molecule has 1 aliphatic rings. The van der Waals surface area contributed by atoms with E-state index in [4.69, 9.17) is 9.47 Å². The van der Waals surface area contributed by atoms with Gasteiger partial charge in [-0.05, 0) is 6.92 Å². The largest absolute Gasteiger partial charge is 0.469 e. The second-order valence-electron chi connectivity index (χ2n) is 5.25. The summed E-state index contributed by atoms with van der Waals surface area (Å²) in [6.07, 6.45) is 0. The van der Waals surface area contributed by atoms with Crippen molar-refractivity contribution in [1.29, 1.82) is 0 Å². The summed E-state index contributed by atoms with van der Waals surface area (Å²) in [5.74, 6) is -5.30. The number of hydrogen-bond donors (Lipinski definition) is 0. The van der Waals surface area contributed by atoms with Gasteiger partial charge in [0.05, 0.1) is 37.9 Å². The lowest BCUT2D eigenvalue weighted by atomic mass is 9.64. The second-order valence-corrected chi connectivity index (χ2v) is 5.25. The number of carbonyl (C=O) groups excluding carboxylic acids is 4. The molecule has 7 nitrogen and oxygen atoms in total. The molecule has 0 radical (unpaired) electrons. The highest BCUT2D eigenvalue weighted by Gasteiger charge is 2.55.